The van der Waals surface area contributed by atoms with Crippen molar-refractivity contribution < 1.29 is 32.7 Å². The van der Waals surface area contributed by atoms with Crippen LogP contribution in [-0.4, -0.2) is 58.6 Å². The molecule has 0 aliphatic carbocycles. The Morgan fingerprint density at radius 1 is 1.27 bits per heavy atom. The van der Waals surface area contributed by atoms with Gasteiger partial charge in [0.2, 0.25) is 5.43 Å². The Hall–Kier alpha value is -4.26. The minimum atomic E-state index is -1.07. The minimum Gasteiger partial charge on any atom is -0.502 e. The summed E-state index contributed by atoms with van der Waals surface area (Å²) in [5.74, 6) is -3.53. The fraction of sp³-hybridized carbons (Fsp3) is 0.333. The first-order chi connectivity index (χ1) is 17.6. The van der Waals surface area contributed by atoms with Gasteiger partial charge in [-0.1, -0.05) is 11.2 Å². The van der Waals surface area contributed by atoms with E-state index in [1.54, 1.807) is 18.9 Å². The van der Waals surface area contributed by atoms with Crippen molar-refractivity contribution in [3.63, 3.8) is 0 Å². The fourth-order valence-corrected chi connectivity index (χ4v) is 4.00. The summed E-state index contributed by atoms with van der Waals surface area (Å²) in [4.78, 5) is 40.4. The van der Waals surface area contributed by atoms with E-state index < -0.39 is 40.2 Å². The van der Waals surface area contributed by atoms with Crippen LogP contribution in [0.2, 0.25) is 0 Å². The monoisotopic (exact) mass is 517 g/mol. The zero-order valence-corrected chi connectivity index (χ0v) is 20.4. The number of hydrogen-bond acceptors (Lipinski definition) is 8. The second-order valence-corrected chi connectivity index (χ2v) is 8.50. The number of aromatic nitrogens is 2. The van der Waals surface area contributed by atoms with Gasteiger partial charge in [-0.2, -0.15) is 0 Å². The van der Waals surface area contributed by atoms with Gasteiger partial charge in [-0.05, 0) is 19.9 Å². The van der Waals surface area contributed by atoms with Crippen molar-refractivity contribution >= 4 is 11.8 Å². The van der Waals surface area contributed by atoms with Crippen molar-refractivity contribution in [2.75, 3.05) is 31.9 Å². The molecule has 0 atom stereocenters. The Balaban J connectivity index is 1.71. The molecule has 1 aliphatic heterocycles. The molecule has 0 fully saturated rings. The van der Waals surface area contributed by atoms with E-state index in [0.717, 1.165) is 17.8 Å². The number of pyridine rings is 1. The molecule has 37 heavy (non-hydrogen) atoms. The number of aromatic hydroxyl groups is 1. The second kappa shape index (κ2) is 10.4. The number of halogens is 2. The molecule has 2 amide bonds. The third-order valence-electron chi connectivity index (χ3n) is 6.08. The Labute approximate surface area is 209 Å². The van der Waals surface area contributed by atoms with E-state index >= 15 is 0 Å². The molecule has 0 saturated carbocycles. The third-order valence-corrected chi connectivity index (χ3v) is 6.08. The molecule has 1 aliphatic rings. The summed E-state index contributed by atoms with van der Waals surface area (Å²) in [5, 5.41) is 18.7. The van der Waals surface area contributed by atoms with Gasteiger partial charge in [0.05, 0.1) is 18.8 Å². The number of carbonyl (C=O) groups excluding carboxylic acids is 2. The van der Waals surface area contributed by atoms with Crippen LogP contribution < -0.4 is 15.8 Å². The lowest BCUT2D eigenvalue weighted by Gasteiger charge is -2.39. The number of amides is 2. The van der Waals surface area contributed by atoms with Gasteiger partial charge in [0.15, 0.2) is 11.4 Å². The minimum absolute atomic E-state index is 0.000955. The molecule has 2 N–H and O–H groups in total. The molecule has 3 aromatic rings. The normalized spacial score (nSPS) is 13.2. The first kappa shape index (κ1) is 25.8. The molecule has 1 aromatic carbocycles. The number of benzene rings is 1. The molecule has 0 bridgehead atoms. The standard InChI is InChI=1S/C24H25F2N5O6/c1-13-17(14(2)37-28-13)10-30-12-29(6-7-36-3)24(35)20-22(33)21(32)18(11-31(20)30)23(34)27-9-15-4-5-16(25)8-19(15)26/h4-5,8,11,33H,6-7,9-10,12H2,1-3H3,(H,27,34). The smallest absolute Gasteiger partial charge is 0.277 e. The van der Waals surface area contributed by atoms with E-state index in [0.29, 0.717) is 17.5 Å². The number of fused-ring (bicyclic) bond motifs is 1. The van der Waals surface area contributed by atoms with Gasteiger partial charge in [-0.25, -0.2) is 8.78 Å². The van der Waals surface area contributed by atoms with E-state index in [9.17, 15) is 28.3 Å². The molecular weight excluding hydrogens is 492 g/mol. The highest BCUT2D eigenvalue weighted by Gasteiger charge is 2.35. The molecular formula is C24H25F2N5O6. The number of rotatable bonds is 8. The van der Waals surface area contributed by atoms with E-state index in [1.807, 2.05) is 0 Å². The van der Waals surface area contributed by atoms with Crippen LogP contribution in [0.5, 0.6) is 5.75 Å². The van der Waals surface area contributed by atoms with Crippen molar-refractivity contribution in [2.24, 2.45) is 0 Å². The lowest BCUT2D eigenvalue weighted by Crippen LogP contribution is -2.55. The molecule has 4 rings (SSSR count). The molecule has 0 saturated heterocycles. The quantitative estimate of drug-likeness (QED) is 0.461. The van der Waals surface area contributed by atoms with Crippen LogP contribution in [0.15, 0.2) is 33.7 Å². The van der Waals surface area contributed by atoms with Crippen LogP contribution in [-0.2, 0) is 17.8 Å². The van der Waals surface area contributed by atoms with Gasteiger partial charge in [0.1, 0.15) is 29.6 Å². The summed E-state index contributed by atoms with van der Waals surface area (Å²) in [6.45, 7) is 3.77. The van der Waals surface area contributed by atoms with Gasteiger partial charge in [-0.3, -0.25) is 24.1 Å². The fourth-order valence-electron chi connectivity index (χ4n) is 4.00. The molecule has 0 spiro atoms. The van der Waals surface area contributed by atoms with Crippen LogP contribution in [0.25, 0.3) is 0 Å². The zero-order chi connectivity index (χ0) is 26.9. The van der Waals surface area contributed by atoms with E-state index in [-0.39, 0.29) is 44.2 Å². The number of aryl methyl sites for hydroxylation is 2. The highest BCUT2D eigenvalue weighted by molar-refractivity contribution is 5.99. The molecule has 2 aromatic heterocycles. The zero-order valence-electron chi connectivity index (χ0n) is 20.4. The summed E-state index contributed by atoms with van der Waals surface area (Å²) in [7, 11) is 1.48. The number of carbonyl (C=O) groups is 2. The Bertz CT molecular complexity index is 1400. The summed E-state index contributed by atoms with van der Waals surface area (Å²) in [5.41, 5.74) is -0.513. The van der Waals surface area contributed by atoms with Crippen LogP contribution in [0.4, 0.5) is 8.78 Å². The van der Waals surface area contributed by atoms with Crippen LogP contribution in [0.3, 0.4) is 0 Å². The first-order valence-corrected chi connectivity index (χ1v) is 11.3. The van der Waals surface area contributed by atoms with Crippen molar-refractivity contribution in [1.82, 2.24) is 20.0 Å². The van der Waals surface area contributed by atoms with Gasteiger partial charge in [-0.15, -0.1) is 0 Å². The average Bonchev–Trinajstić information content (AvgIpc) is 3.17. The van der Waals surface area contributed by atoms with E-state index in [2.05, 4.69) is 10.5 Å². The number of methoxy groups -OCH3 is 1. The highest BCUT2D eigenvalue weighted by atomic mass is 19.1. The van der Waals surface area contributed by atoms with E-state index in [4.69, 9.17) is 9.26 Å². The number of ether oxygens (including phenoxy) is 1. The molecule has 0 radical (unpaired) electrons. The maximum Gasteiger partial charge on any atom is 0.277 e. The SMILES string of the molecule is COCCN1CN(Cc2c(C)noc2C)n2cc(C(=O)NCc3ccc(F)cc3F)c(=O)c(O)c2C1=O. The lowest BCUT2D eigenvalue weighted by molar-refractivity contribution is 0.0619. The Kier molecular flexibility index (Phi) is 7.25. The van der Waals surface area contributed by atoms with Crippen molar-refractivity contribution in [3.05, 3.63) is 80.1 Å². The molecule has 0 unspecified atom stereocenters. The summed E-state index contributed by atoms with van der Waals surface area (Å²) in [6.07, 6.45) is 1.15. The molecule has 196 valence electrons. The van der Waals surface area contributed by atoms with Gasteiger partial charge < -0.3 is 24.6 Å². The van der Waals surface area contributed by atoms with Crippen LogP contribution in [0.1, 0.15) is 43.4 Å². The number of nitrogens with one attached hydrogen (secondary N) is 1. The number of nitrogens with zero attached hydrogens (tertiary/aromatic N) is 4. The van der Waals surface area contributed by atoms with Gasteiger partial charge in [0, 0.05) is 43.6 Å². The Morgan fingerprint density at radius 2 is 2.03 bits per heavy atom. The largest absolute Gasteiger partial charge is 0.502 e. The first-order valence-electron chi connectivity index (χ1n) is 11.3. The van der Waals surface area contributed by atoms with Gasteiger partial charge in [0.25, 0.3) is 11.8 Å². The second-order valence-electron chi connectivity index (χ2n) is 8.50. The van der Waals surface area contributed by atoms with Crippen molar-refractivity contribution in [1.29, 1.82) is 0 Å². The van der Waals surface area contributed by atoms with Crippen molar-refractivity contribution in [3.8, 4) is 5.75 Å². The average molecular weight is 517 g/mol. The van der Waals surface area contributed by atoms with Gasteiger partial charge >= 0.3 is 0 Å². The molecule has 11 nitrogen and oxygen atoms in total. The predicted molar refractivity (Wildman–Crippen MR) is 126 cm³/mol. The maximum atomic E-state index is 14.0. The van der Waals surface area contributed by atoms with Crippen LogP contribution >= 0.6 is 0 Å². The van der Waals surface area contributed by atoms with Crippen LogP contribution in [0, 0.1) is 25.5 Å². The Morgan fingerprint density at radius 3 is 2.68 bits per heavy atom. The molecule has 13 heteroatoms. The third kappa shape index (κ3) is 5.03. The topological polar surface area (TPSA) is 130 Å². The van der Waals surface area contributed by atoms with E-state index in [1.165, 1.54) is 22.8 Å². The lowest BCUT2D eigenvalue weighted by atomic mass is 10.1. The summed E-state index contributed by atoms with van der Waals surface area (Å²) < 4.78 is 38.7. The number of hydrogen-bond donors (Lipinski definition) is 2. The highest BCUT2D eigenvalue weighted by Crippen LogP contribution is 2.24. The summed E-state index contributed by atoms with van der Waals surface area (Å²) >= 11 is 0. The van der Waals surface area contributed by atoms with Crippen molar-refractivity contribution in [2.45, 2.75) is 26.9 Å². The summed E-state index contributed by atoms with van der Waals surface area (Å²) in [6, 6.07) is 2.88. The molecule has 3 heterocycles. The maximum absolute atomic E-state index is 14.0. The predicted octanol–water partition coefficient (Wildman–Crippen LogP) is 1.56.